The van der Waals surface area contributed by atoms with Crippen molar-refractivity contribution in [2.45, 2.75) is 18.4 Å². The van der Waals surface area contributed by atoms with Crippen LogP contribution in [0.4, 0.5) is 0 Å². The number of nitrogens with two attached hydrogens (primary N) is 2. The molecule has 0 fully saturated rings. The molecule has 248 valence electrons. The van der Waals surface area contributed by atoms with Crippen LogP contribution in [-0.4, -0.2) is 0 Å². The molecule has 2 atom stereocenters. The van der Waals surface area contributed by atoms with E-state index in [1.165, 1.54) is 28.5 Å². The lowest BCUT2D eigenvalue weighted by atomic mass is 9.65. The number of hydrogen-bond acceptors (Lipinski definition) is 3. The lowest BCUT2D eigenvalue weighted by Crippen LogP contribution is -2.34. The Bertz CT molecular complexity index is 2120. The van der Waals surface area contributed by atoms with Gasteiger partial charge in [0.1, 0.15) is 11.5 Å². The minimum Gasteiger partial charge on any atom is -0.457 e. The lowest BCUT2D eigenvalue weighted by molar-refractivity contribution is 0.403. The summed E-state index contributed by atoms with van der Waals surface area (Å²) in [5, 5.41) is 0. The Balaban J connectivity index is 0.000000430. The van der Waals surface area contributed by atoms with Crippen LogP contribution in [0.2, 0.25) is 0 Å². The van der Waals surface area contributed by atoms with Crippen LogP contribution in [0.15, 0.2) is 208 Å². The van der Waals surface area contributed by atoms with Crippen LogP contribution in [0.5, 0.6) is 5.75 Å². The van der Waals surface area contributed by atoms with Crippen LogP contribution in [0.25, 0.3) is 22.3 Å². The monoisotopic (exact) mass is 652 g/mol. The van der Waals surface area contributed by atoms with Crippen molar-refractivity contribution in [3.05, 3.63) is 236 Å². The zero-order valence-corrected chi connectivity index (χ0v) is 28.7. The molecule has 2 aliphatic rings. The number of hydrogen-bond donors (Lipinski definition) is 2. The SMILES string of the molecule is C=C/C=C(/C)C=C.C=CC1=C(C=C)C2(c3ccccc3O1)c1ccccc1-c1ccc(-c3cccc(C(N)c4ccccc4)c3)cc12.C=CN. The molecule has 3 heteroatoms. The van der Waals surface area contributed by atoms with Gasteiger partial charge in [0.15, 0.2) is 0 Å². The second-order valence-electron chi connectivity index (χ2n) is 11.9. The average molecular weight is 653 g/mol. The third kappa shape index (κ3) is 6.47. The first-order chi connectivity index (χ1) is 24.4. The molecule has 50 heavy (non-hydrogen) atoms. The fourth-order valence-corrected chi connectivity index (χ4v) is 6.83. The molecule has 1 aliphatic heterocycles. The Labute approximate surface area is 297 Å². The zero-order chi connectivity index (χ0) is 35.7. The number of para-hydroxylation sites is 1. The Hall–Kier alpha value is -6.16. The molecule has 0 amide bonds. The molecule has 7 rings (SSSR count). The van der Waals surface area contributed by atoms with E-state index in [0.717, 1.165) is 50.5 Å². The van der Waals surface area contributed by atoms with Gasteiger partial charge in [-0.25, -0.2) is 0 Å². The molecule has 4 N–H and O–H groups in total. The van der Waals surface area contributed by atoms with Gasteiger partial charge in [0, 0.05) is 11.1 Å². The maximum Gasteiger partial charge on any atom is 0.132 e. The molecular formula is C47H44N2O. The predicted molar refractivity (Wildman–Crippen MR) is 213 cm³/mol. The smallest absolute Gasteiger partial charge is 0.132 e. The molecule has 0 saturated heterocycles. The third-order valence-corrected chi connectivity index (χ3v) is 9.06. The average Bonchev–Trinajstić information content (AvgIpc) is 3.45. The second kappa shape index (κ2) is 15.8. The van der Waals surface area contributed by atoms with E-state index in [1.54, 1.807) is 18.2 Å². The van der Waals surface area contributed by atoms with Crippen molar-refractivity contribution in [1.82, 2.24) is 0 Å². The van der Waals surface area contributed by atoms with Crippen molar-refractivity contribution >= 4 is 0 Å². The van der Waals surface area contributed by atoms with Gasteiger partial charge in [-0.15, -0.1) is 0 Å². The largest absolute Gasteiger partial charge is 0.457 e. The van der Waals surface area contributed by atoms with E-state index in [1.807, 2.05) is 49.4 Å². The Morgan fingerprint density at radius 3 is 1.94 bits per heavy atom. The minimum atomic E-state index is -0.569. The Kier molecular flexibility index (Phi) is 11.1. The quantitative estimate of drug-likeness (QED) is 0.172. The molecule has 3 nitrogen and oxygen atoms in total. The maximum atomic E-state index is 6.70. The summed E-state index contributed by atoms with van der Waals surface area (Å²) in [6, 6.07) is 42.5. The molecule has 0 aromatic heterocycles. The molecule has 0 bridgehead atoms. The van der Waals surface area contributed by atoms with Crippen LogP contribution in [0.1, 0.15) is 40.8 Å². The van der Waals surface area contributed by atoms with E-state index in [9.17, 15) is 0 Å². The highest BCUT2D eigenvalue weighted by molar-refractivity contribution is 5.90. The number of allylic oxidation sites excluding steroid dienone is 7. The summed E-state index contributed by atoms with van der Waals surface area (Å²) in [6.45, 7) is 20.6. The van der Waals surface area contributed by atoms with Gasteiger partial charge in [0.25, 0.3) is 0 Å². The second-order valence-corrected chi connectivity index (χ2v) is 11.9. The highest BCUT2D eigenvalue weighted by Gasteiger charge is 2.51. The summed E-state index contributed by atoms with van der Waals surface area (Å²) < 4.78 is 6.38. The lowest BCUT2D eigenvalue weighted by Gasteiger charge is -2.39. The molecule has 5 aromatic carbocycles. The van der Waals surface area contributed by atoms with Crippen LogP contribution in [0, 0.1) is 0 Å². The number of rotatable bonds is 7. The van der Waals surface area contributed by atoms with Crippen LogP contribution < -0.4 is 16.2 Å². The van der Waals surface area contributed by atoms with E-state index >= 15 is 0 Å². The van der Waals surface area contributed by atoms with E-state index in [0.29, 0.717) is 0 Å². The summed E-state index contributed by atoms with van der Waals surface area (Å²) in [7, 11) is 0. The van der Waals surface area contributed by atoms with Gasteiger partial charge in [-0.1, -0.05) is 166 Å². The van der Waals surface area contributed by atoms with Crippen molar-refractivity contribution in [1.29, 1.82) is 0 Å². The van der Waals surface area contributed by atoms with Gasteiger partial charge >= 0.3 is 0 Å². The van der Waals surface area contributed by atoms with E-state index in [4.69, 9.17) is 10.5 Å². The van der Waals surface area contributed by atoms with Crippen molar-refractivity contribution in [2.75, 3.05) is 0 Å². The van der Waals surface area contributed by atoms with Crippen molar-refractivity contribution in [3.63, 3.8) is 0 Å². The highest BCUT2D eigenvalue weighted by atomic mass is 16.5. The molecule has 2 unspecified atom stereocenters. The van der Waals surface area contributed by atoms with Gasteiger partial charge in [0.05, 0.1) is 11.5 Å². The van der Waals surface area contributed by atoms with Crippen LogP contribution in [0.3, 0.4) is 0 Å². The summed E-state index contributed by atoms with van der Waals surface area (Å²) in [5.74, 6) is 1.57. The third-order valence-electron chi connectivity index (χ3n) is 9.06. The molecular weight excluding hydrogens is 609 g/mol. The van der Waals surface area contributed by atoms with Gasteiger partial charge < -0.3 is 16.2 Å². The fourth-order valence-electron chi connectivity index (χ4n) is 6.83. The fraction of sp³-hybridized carbons (Fsp3) is 0.0638. The van der Waals surface area contributed by atoms with Crippen molar-refractivity contribution in [2.24, 2.45) is 11.5 Å². The highest BCUT2D eigenvalue weighted by Crippen LogP contribution is 2.61. The molecule has 0 radical (unpaired) electrons. The number of benzene rings is 5. The molecule has 1 aliphatic carbocycles. The summed E-state index contributed by atoms with van der Waals surface area (Å²) in [6.07, 6.45) is 10.4. The summed E-state index contributed by atoms with van der Waals surface area (Å²) in [5.41, 5.74) is 23.3. The van der Waals surface area contributed by atoms with Gasteiger partial charge in [-0.2, -0.15) is 0 Å². The topological polar surface area (TPSA) is 61.3 Å². The van der Waals surface area contributed by atoms with Gasteiger partial charge in [-0.05, 0) is 81.9 Å². The first-order valence-corrected chi connectivity index (χ1v) is 16.6. The van der Waals surface area contributed by atoms with Crippen LogP contribution >= 0.6 is 0 Å². The van der Waals surface area contributed by atoms with E-state index < -0.39 is 5.41 Å². The van der Waals surface area contributed by atoms with Crippen molar-refractivity contribution < 1.29 is 4.74 Å². The summed E-state index contributed by atoms with van der Waals surface area (Å²) in [4.78, 5) is 0. The Morgan fingerprint density at radius 1 is 0.660 bits per heavy atom. The van der Waals surface area contributed by atoms with Gasteiger partial charge in [0.2, 0.25) is 0 Å². The standard InChI is InChI=1S/C38H29NO.C7H10.C2H5N/c1-3-31-35(4-2)40-36-20-11-10-19-33(36)38(31)32-18-9-8-17-29(32)30-22-21-27(24-34(30)38)26-15-12-16-28(23-26)37(39)25-13-6-5-7-14-25;1-4-6-7(3)5-2;1-2-3/h3-24,37H,1-2,39H2;4-6H,1-2H2,3H3;2H,1,3H2/b;7-6-;. The summed E-state index contributed by atoms with van der Waals surface area (Å²) >= 11 is 0. The number of fused-ring (bicyclic) bond motifs is 7. The Morgan fingerprint density at radius 2 is 1.28 bits per heavy atom. The zero-order valence-electron chi connectivity index (χ0n) is 28.7. The first-order valence-electron chi connectivity index (χ1n) is 16.6. The normalized spacial score (nSPS) is 15.7. The molecule has 1 spiro atoms. The molecule has 0 saturated carbocycles. The van der Waals surface area contributed by atoms with Crippen LogP contribution in [-0.2, 0) is 5.41 Å². The van der Waals surface area contributed by atoms with E-state index in [2.05, 4.69) is 130 Å². The first kappa shape index (κ1) is 35.2. The predicted octanol–water partition coefficient (Wildman–Crippen LogP) is 11.1. The van der Waals surface area contributed by atoms with Gasteiger partial charge in [-0.3, -0.25) is 0 Å². The number of ether oxygens (including phenoxy) is 1. The van der Waals surface area contributed by atoms with Crippen molar-refractivity contribution in [3.8, 4) is 28.0 Å². The molecule has 1 heterocycles. The molecule has 5 aromatic rings. The maximum absolute atomic E-state index is 6.70. The minimum absolute atomic E-state index is 0.195. The van der Waals surface area contributed by atoms with E-state index in [-0.39, 0.29) is 6.04 Å².